The van der Waals surface area contributed by atoms with Gasteiger partial charge in [-0.15, -0.1) is 0 Å². The summed E-state index contributed by atoms with van der Waals surface area (Å²) in [5.41, 5.74) is 0. The highest BCUT2D eigenvalue weighted by atomic mass is 31.2. The molecule has 0 aromatic rings. The molecular formula is C9H21O4P. The molecule has 0 rings (SSSR count). The molecule has 0 saturated carbocycles. The molecule has 0 N–H and O–H groups in total. The van der Waals surface area contributed by atoms with Gasteiger partial charge in [-0.25, -0.2) is 4.57 Å². The minimum Gasteiger partial charge on any atom is -0.290 e. The van der Waals surface area contributed by atoms with E-state index in [2.05, 4.69) is 6.92 Å². The summed E-state index contributed by atoms with van der Waals surface area (Å²) in [6.07, 6.45) is 4.34. The van der Waals surface area contributed by atoms with Gasteiger partial charge in [-0.3, -0.25) is 13.6 Å². The molecule has 0 fully saturated rings. The molecule has 86 valence electrons. The van der Waals surface area contributed by atoms with E-state index >= 15 is 0 Å². The molecule has 0 bridgehead atoms. The van der Waals surface area contributed by atoms with Crippen molar-refractivity contribution in [3.8, 4) is 0 Å². The second kappa shape index (κ2) is 8.42. The Morgan fingerprint density at radius 2 is 1.79 bits per heavy atom. The van der Waals surface area contributed by atoms with Crippen molar-refractivity contribution in [3.63, 3.8) is 0 Å². The van der Waals surface area contributed by atoms with Crippen LogP contribution in [-0.2, 0) is 18.1 Å². The van der Waals surface area contributed by atoms with E-state index in [0.717, 1.165) is 12.8 Å². The standard InChI is InChI=1S/C9H21O4P/c1-4-6-7-8-9-13-14(10,11-3)12-5-2/h4-9H2,1-3H3. The Labute approximate surface area is 86.5 Å². The minimum atomic E-state index is -3.25. The van der Waals surface area contributed by atoms with Gasteiger partial charge in [0.1, 0.15) is 0 Å². The molecule has 0 aliphatic carbocycles. The largest absolute Gasteiger partial charge is 0.474 e. The topological polar surface area (TPSA) is 44.8 Å². The maximum Gasteiger partial charge on any atom is 0.474 e. The zero-order valence-corrected chi connectivity index (χ0v) is 10.2. The Balaban J connectivity index is 3.57. The lowest BCUT2D eigenvalue weighted by atomic mass is 10.2. The fourth-order valence-corrected chi connectivity index (χ4v) is 1.96. The van der Waals surface area contributed by atoms with Gasteiger partial charge in [0.25, 0.3) is 0 Å². The third kappa shape index (κ3) is 6.55. The van der Waals surface area contributed by atoms with Crippen LogP contribution in [0.4, 0.5) is 0 Å². The number of hydrogen-bond acceptors (Lipinski definition) is 4. The van der Waals surface area contributed by atoms with E-state index in [1.165, 1.54) is 20.0 Å². The molecular weight excluding hydrogens is 203 g/mol. The number of rotatable bonds is 9. The van der Waals surface area contributed by atoms with Gasteiger partial charge < -0.3 is 0 Å². The quantitative estimate of drug-likeness (QED) is 0.445. The average molecular weight is 224 g/mol. The van der Waals surface area contributed by atoms with Crippen molar-refractivity contribution >= 4 is 7.82 Å². The summed E-state index contributed by atoms with van der Waals surface area (Å²) >= 11 is 0. The van der Waals surface area contributed by atoms with Crippen molar-refractivity contribution in [2.45, 2.75) is 39.5 Å². The van der Waals surface area contributed by atoms with Crippen LogP contribution in [0.15, 0.2) is 0 Å². The molecule has 5 heteroatoms. The molecule has 0 radical (unpaired) electrons. The van der Waals surface area contributed by atoms with Crippen molar-refractivity contribution in [3.05, 3.63) is 0 Å². The van der Waals surface area contributed by atoms with Crippen LogP contribution in [-0.4, -0.2) is 20.3 Å². The van der Waals surface area contributed by atoms with Crippen LogP contribution < -0.4 is 0 Å². The van der Waals surface area contributed by atoms with Gasteiger partial charge in [-0.1, -0.05) is 26.2 Å². The van der Waals surface area contributed by atoms with Gasteiger partial charge in [0.15, 0.2) is 0 Å². The SMILES string of the molecule is CCCCCCOP(=O)(OC)OCC. The maximum atomic E-state index is 11.5. The van der Waals surface area contributed by atoms with E-state index in [1.54, 1.807) is 6.92 Å². The van der Waals surface area contributed by atoms with Crippen molar-refractivity contribution in [2.75, 3.05) is 20.3 Å². The van der Waals surface area contributed by atoms with Crippen LogP contribution >= 0.6 is 7.82 Å². The van der Waals surface area contributed by atoms with Crippen molar-refractivity contribution in [1.82, 2.24) is 0 Å². The van der Waals surface area contributed by atoms with Crippen molar-refractivity contribution in [1.29, 1.82) is 0 Å². The van der Waals surface area contributed by atoms with Crippen LogP contribution in [0.25, 0.3) is 0 Å². The summed E-state index contributed by atoms with van der Waals surface area (Å²) < 4.78 is 26.2. The zero-order chi connectivity index (χ0) is 10.9. The number of hydrogen-bond donors (Lipinski definition) is 0. The van der Waals surface area contributed by atoms with Crippen molar-refractivity contribution < 1.29 is 18.1 Å². The third-order valence-corrected chi connectivity index (χ3v) is 3.28. The van der Waals surface area contributed by atoms with E-state index in [9.17, 15) is 4.57 Å². The molecule has 0 heterocycles. The average Bonchev–Trinajstić information content (AvgIpc) is 2.18. The molecule has 0 aromatic heterocycles. The first-order chi connectivity index (χ1) is 6.68. The second-order valence-electron chi connectivity index (χ2n) is 2.94. The predicted octanol–water partition coefficient (Wildman–Crippen LogP) is 3.37. The maximum absolute atomic E-state index is 11.5. The molecule has 0 aromatic carbocycles. The Morgan fingerprint density at radius 1 is 1.07 bits per heavy atom. The lowest BCUT2D eigenvalue weighted by Crippen LogP contribution is -1.99. The molecule has 0 spiro atoms. The Morgan fingerprint density at radius 3 is 2.29 bits per heavy atom. The fourth-order valence-electron chi connectivity index (χ4n) is 1.01. The highest BCUT2D eigenvalue weighted by Crippen LogP contribution is 2.48. The normalized spacial score (nSPS) is 15.4. The molecule has 14 heavy (non-hydrogen) atoms. The summed E-state index contributed by atoms with van der Waals surface area (Å²) in [4.78, 5) is 0. The van der Waals surface area contributed by atoms with E-state index in [0.29, 0.717) is 13.2 Å². The van der Waals surface area contributed by atoms with E-state index in [-0.39, 0.29) is 0 Å². The van der Waals surface area contributed by atoms with Crippen molar-refractivity contribution in [2.24, 2.45) is 0 Å². The van der Waals surface area contributed by atoms with Gasteiger partial charge in [0, 0.05) is 7.11 Å². The van der Waals surface area contributed by atoms with Gasteiger partial charge in [0.05, 0.1) is 13.2 Å². The van der Waals surface area contributed by atoms with Crippen LogP contribution in [0.2, 0.25) is 0 Å². The monoisotopic (exact) mass is 224 g/mol. The lowest BCUT2D eigenvalue weighted by molar-refractivity contribution is 0.134. The van der Waals surface area contributed by atoms with Gasteiger partial charge in [-0.05, 0) is 13.3 Å². The third-order valence-electron chi connectivity index (χ3n) is 1.76. The Hall–Kier alpha value is 0.110. The molecule has 0 aliphatic rings. The first-order valence-corrected chi connectivity index (χ1v) is 6.59. The number of unbranched alkanes of at least 4 members (excludes halogenated alkanes) is 3. The predicted molar refractivity (Wildman–Crippen MR) is 56.3 cm³/mol. The fraction of sp³-hybridized carbons (Fsp3) is 1.00. The first-order valence-electron chi connectivity index (χ1n) is 5.13. The summed E-state index contributed by atoms with van der Waals surface area (Å²) in [7, 11) is -1.91. The van der Waals surface area contributed by atoms with Crippen LogP contribution in [0.1, 0.15) is 39.5 Å². The van der Waals surface area contributed by atoms with Gasteiger partial charge >= 0.3 is 7.82 Å². The first kappa shape index (κ1) is 14.1. The number of phosphoric acid groups is 1. The smallest absolute Gasteiger partial charge is 0.290 e. The highest BCUT2D eigenvalue weighted by molar-refractivity contribution is 7.48. The summed E-state index contributed by atoms with van der Waals surface area (Å²) in [6, 6.07) is 0. The molecule has 0 amide bonds. The van der Waals surface area contributed by atoms with Crippen LogP contribution in [0, 0.1) is 0 Å². The Kier molecular flexibility index (Phi) is 8.49. The van der Waals surface area contributed by atoms with E-state index in [1.807, 2.05) is 0 Å². The van der Waals surface area contributed by atoms with Crippen LogP contribution in [0.5, 0.6) is 0 Å². The molecule has 0 aliphatic heterocycles. The van der Waals surface area contributed by atoms with Gasteiger partial charge in [-0.2, -0.15) is 0 Å². The van der Waals surface area contributed by atoms with Gasteiger partial charge in [0.2, 0.25) is 0 Å². The summed E-state index contributed by atoms with van der Waals surface area (Å²) in [5.74, 6) is 0. The zero-order valence-electron chi connectivity index (χ0n) is 9.32. The molecule has 0 saturated heterocycles. The Bertz CT molecular complexity index is 172. The lowest BCUT2D eigenvalue weighted by Gasteiger charge is -2.14. The highest BCUT2D eigenvalue weighted by Gasteiger charge is 2.23. The summed E-state index contributed by atoms with van der Waals surface area (Å²) in [6.45, 7) is 4.67. The minimum absolute atomic E-state index is 0.333. The van der Waals surface area contributed by atoms with Crippen LogP contribution in [0.3, 0.4) is 0 Å². The summed E-state index contributed by atoms with van der Waals surface area (Å²) in [5, 5.41) is 0. The van der Waals surface area contributed by atoms with E-state index in [4.69, 9.17) is 13.6 Å². The van der Waals surface area contributed by atoms with E-state index < -0.39 is 7.82 Å². The molecule has 1 unspecified atom stereocenters. The second-order valence-corrected chi connectivity index (χ2v) is 4.72. The number of phosphoric ester groups is 1. The molecule has 4 nitrogen and oxygen atoms in total. The molecule has 1 atom stereocenters.